The molecule has 11 nitrogen and oxygen atoms in total. The lowest BCUT2D eigenvalue weighted by atomic mass is 9.98. The third kappa shape index (κ3) is 6.95. The first-order chi connectivity index (χ1) is 22.6. The van der Waals surface area contributed by atoms with Gasteiger partial charge < -0.3 is 20.7 Å². The van der Waals surface area contributed by atoms with E-state index in [1.54, 1.807) is 12.1 Å². The number of amides is 3. The van der Waals surface area contributed by atoms with Crippen LogP contribution < -0.4 is 16.0 Å². The molecule has 3 aliphatic rings. The minimum atomic E-state index is -0.507. The van der Waals surface area contributed by atoms with Crippen molar-refractivity contribution in [2.45, 2.75) is 84.3 Å². The molecule has 2 aromatic heterocycles. The van der Waals surface area contributed by atoms with Crippen LogP contribution in [0.25, 0.3) is 5.65 Å². The molecular weight excluding hydrogens is 620 g/mol. The Morgan fingerprint density at radius 1 is 1.09 bits per heavy atom. The summed E-state index contributed by atoms with van der Waals surface area (Å²) in [7, 11) is 0. The van der Waals surface area contributed by atoms with Gasteiger partial charge in [0.2, 0.25) is 0 Å². The van der Waals surface area contributed by atoms with E-state index in [1.165, 1.54) is 16.8 Å². The van der Waals surface area contributed by atoms with E-state index in [0.29, 0.717) is 48.0 Å². The number of hydrogen-bond acceptors (Lipinski definition) is 7. The number of hydrogen-bond donors (Lipinski definition) is 3. The van der Waals surface area contributed by atoms with Crippen molar-refractivity contribution in [3.8, 4) is 0 Å². The summed E-state index contributed by atoms with van der Waals surface area (Å²) in [6.45, 7) is 6.37. The zero-order valence-corrected chi connectivity index (χ0v) is 27.6. The normalized spacial score (nSPS) is 17.7. The van der Waals surface area contributed by atoms with Gasteiger partial charge in [0.05, 0.1) is 29.6 Å². The topological polar surface area (TPSA) is 144 Å². The number of carbonyl (C=O) groups excluding carboxylic acids is 4. The number of esters is 1. The number of fused-ring (bicyclic) bond motifs is 2. The Morgan fingerprint density at radius 2 is 1.89 bits per heavy atom. The molecule has 2 atom stereocenters. The molecule has 0 radical (unpaired) electrons. The Morgan fingerprint density at radius 3 is 2.64 bits per heavy atom. The first-order valence-corrected chi connectivity index (χ1v) is 16.7. The number of halogens is 1. The first kappa shape index (κ1) is 32.4. The second kappa shape index (κ2) is 13.7. The maximum absolute atomic E-state index is 13.9. The van der Waals surface area contributed by atoms with Crippen LogP contribution in [0.3, 0.4) is 0 Å². The molecule has 0 aliphatic heterocycles. The highest BCUT2D eigenvalue weighted by atomic mass is 35.5. The molecule has 12 heteroatoms. The molecule has 1 unspecified atom stereocenters. The van der Waals surface area contributed by atoms with Crippen LogP contribution in [0.2, 0.25) is 0 Å². The monoisotopic (exact) mass is 658 g/mol. The lowest BCUT2D eigenvalue weighted by Crippen LogP contribution is -2.31. The van der Waals surface area contributed by atoms with E-state index in [9.17, 15) is 19.2 Å². The fourth-order valence-corrected chi connectivity index (χ4v) is 6.40. The number of ether oxygens (including phenoxy) is 1. The van der Waals surface area contributed by atoms with Gasteiger partial charge >= 0.3 is 5.97 Å². The fourth-order valence-electron chi connectivity index (χ4n) is 6.18. The molecule has 2 heterocycles. The van der Waals surface area contributed by atoms with Crippen LogP contribution in [0.4, 0.5) is 0 Å². The van der Waals surface area contributed by atoms with Crippen LogP contribution in [0.1, 0.15) is 123 Å². The predicted molar refractivity (Wildman–Crippen MR) is 176 cm³/mol. The SMILES string of the molecule is CCCC(C)OC(=O)c1ccc2c(c1C)CC[C@@H]2NC(=O)c1cc(C(=O)NCC2CC2)nc2c(C(=O)NC3=C(Cl)CCC=C3)cnn12. The Bertz CT molecular complexity index is 1820. The number of aromatic nitrogens is 3. The molecule has 3 N–H and O–H groups in total. The van der Waals surface area contributed by atoms with Gasteiger partial charge in [-0.3, -0.25) is 14.4 Å². The van der Waals surface area contributed by atoms with Gasteiger partial charge in [0.1, 0.15) is 17.0 Å². The largest absolute Gasteiger partial charge is 0.459 e. The maximum atomic E-state index is 13.9. The number of nitrogens with one attached hydrogen (secondary N) is 3. The van der Waals surface area contributed by atoms with Gasteiger partial charge in [0.15, 0.2) is 5.65 Å². The second-order valence-electron chi connectivity index (χ2n) is 12.6. The van der Waals surface area contributed by atoms with Crippen molar-refractivity contribution in [2.75, 3.05) is 6.54 Å². The van der Waals surface area contributed by atoms with Crippen molar-refractivity contribution in [3.05, 3.63) is 86.5 Å². The van der Waals surface area contributed by atoms with Gasteiger partial charge in [-0.1, -0.05) is 37.1 Å². The quantitative estimate of drug-likeness (QED) is 0.232. The van der Waals surface area contributed by atoms with E-state index in [-0.39, 0.29) is 40.7 Å². The summed E-state index contributed by atoms with van der Waals surface area (Å²) in [5.41, 5.74) is 4.04. The summed E-state index contributed by atoms with van der Waals surface area (Å²) in [4.78, 5) is 57.8. The Hall–Kier alpha value is -4.51. The molecular formula is C35H39ClN6O5. The van der Waals surface area contributed by atoms with Crippen LogP contribution in [0.5, 0.6) is 0 Å². The van der Waals surface area contributed by atoms with E-state index in [4.69, 9.17) is 16.3 Å². The smallest absolute Gasteiger partial charge is 0.338 e. The summed E-state index contributed by atoms with van der Waals surface area (Å²) < 4.78 is 6.92. The van der Waals surface area contributed by atoms with Crippen LogP contribution >= 0.6 is 11.6 Å². The van der Waals surface area contributed by atoms with Crippen LogP contribution in [-0.4, -0.2) is 50.9 Å². The minimum Gasteiger partial charge on any atom is -0.459 e. The second-order valence-corrected chi connectivity index (χ2v) is 13.0. The van der Waals surface area contributed by atoms with Crippen molar-refractivity contribution < 1.29 is 23.9 Å². The van der Waals surface area contributed by atoms with Crippen molar-refractivity contribution in [1.29, 1.82) is 0 Å². The highest BCUT2D eigenvalue weighted by Crippen LogP contribution is 2.35. The van der Waals surface area contributed by atoms with Gasteiger partial charge in [-0.15, -0.1) is 0 Å². The van der Waals surface area contributed by atoms with Crippen LogP contribution in [-0.2, 0) is 11.2 Å². The van der Waals surface area contributed by atoms with Gasteiger partial charge in [-0.2, -0.15) is 5.10 Å². The molecule has 1 saturated carbocycles. The predicted octanol–water partition coefficient (Wildman–Crippen LogP) is 5.47. The van der Waals surface area contributed by atoms with E-state index >= 15 is 0 Å². The van der Waals surface area contributed by atoms with E-state index in [1.807, 2.05) is 32.9 Å². The Kier molecular flexibility index (Phi) is 9.45. The van der Waals surface area contributed by atoms with Gasteiger partial charge in [-0.25, -0.2) is 14.3 Å². The molecule has 246 valence electrons. The number of benzene rings is 1. The summed E-state index contributed by atoms with van der Waals surface area (Å²) >= 11 is 6.34. The molecule has 6 rings (SSSR count). The number of carbonyl (C=O) groups is 4. The first-order valence-electron chi connectivity index (χ1n) is 16.3. The summed E-state index contributed by atoms with van der Waals surface area (Å²) in [6.07, 6.45) is 11.4. The molecule has 1 aromatic carbocycles. The minimum absolute atomic E-state index is 0.00998. The molecule has 0 spiro atoms. The van der Waals surface area contributed by atoms with E-state index in [0.717, 1.165) is 48.8 Å². The molecule has 1 fully saturated rings. The van der Waals surface area contributed by atoms with Crippen molar-refractivity contribution in [1.82, 2.24) is 30.5 Å². The molecule has 47 heavy (non-hydrogen) atoms. The summed E-state index contributed by atoms with van der Waals surface area (Å²) in [5.74, 6) is -1.32. The van der Waals surface area contributed by atoms with Gasteiger partial charge in [0, 0.05) is 17.6 Å². The van der Waals surface area contributed by atoms with Crippen LogP contribution in [0.15, 0.2) is 47.3 Å². The van der Waals surface area contributed by atoms with Crippen LogP contribution in [0, 0.1) is 12.8 Å². The van der Waals surface area contributed by atoms with Crippen molar-refractivity contribution in [2.24, 2.45) is 5.92 Å². The lowest BCUT2D eigenvalue weighted by Gasteiger charge is -2.18. The highest BCUT2D eigenvalue weighted by molar-refractivity contribution is 6.30. The van der Waals surface area contributed by atoms with E-state index in [2.05, 4.69) is 26.0 Å². The average molecular weight is 659 g/mol. The van der Waals surface area contributed by atoms with E-state index < -0.39 is 17.7 Å². The molecule has 3 aliphatic carbocycles. The maximum Gasteiger partial charge on any atom is 0.338 e. The molecule has 3 amide bonds. The standard InChI is InChI=1S/C35H39ClN6O5/c1-4-7-19(2)47-35(46)23-12-13-24-22(20(23)3)14-15-27(24)40-34(45)30-16-29(33(44)37-17-21-10-11-21)39-31-25(18-38-42(30)31)32(43)41-28-9-6-5-8-26(28)36/h6,9,12-13,16,18-19,21,27H,4-5,7-8,10-11,14-15,17H2,1-3H3,(H,37,44)(H,40,45)(H,41,43)/t19?,27-/m0/s1. The number of rotatable bonds is 11. The fraction of sp³-hybridized carbons (Fsp3) is 0.429. The third-order valence-electron chi connectivity index (χ3n) is 9.01. The Labute approximate surface area is 278 Å². The summed E-state index contributed by atoms with van der Waals surface area (Å²) in [5, 5.41) is 13.7. The number of nitrogens with zero attached hydrogens (tertiary/aromatic N) is 3. The highest BCUT2D eigenvalue weighted by Gasteiger charge is 2.31. The summed E-state index contributed by atoms with van der Waals surface area (Å²) in [6, 6.07) is 4.70. The van der Waals surface area contributed by atoms with Gasteiger partial charge in [-0.05, 0) is 93.5 Å². The zero-order chi connectivity index (χ0) is 33.2. The zero-order valence-electron chi connectivity index (χ0n) is 26.8. The molecule has 0 bridgehead atoms. The molecule has 0 saturated heterocycles. The van der Waals surface area contributed by atoms with Gasteiger partial charge in [0.25, 0.3) is 17.7 Å². The average Bonchev–Trinajstić information content (AvgIpc) is 3.64. The number of allylic oxidation sites excluding steroid dienone is 3. The Balaban J connectivity index is 1.28. The molecule has 3 aromatic rings. The van der Waals surface area contributed by atoms with Crippen molar-refractivity contribution in [3.63, 3.8) is 0 Å². The lowest BCUT2D eigenvalue weighted by molar-refractivity contribution is 0.0322. The van der Waals surface area contributed by atoms with Crippen molar-refractivity contribution >= 4 is 40.9 Å². The third-order valence-corrected chi connectivity index (χ3v) is 9.40.